The van der Waals surface area contributed by atoms with Crippen LogP contribution in [0.25, 0.3) is 0 Å². The normalized spacial score (nSPS) is 32.0. The number of nitrogens with zero attached hydrogens (tertiary/aromatic N) is 1. The average molecular weight is 228 g/mol. The first kappa shape index (κ1) is 11.8. The number of likely N-dealkylation sites (tertiary alicyclic amines) is 1. The smallest absolute Gasteiger partial charge is 0.229 e. The summed E-state index contributed by atoms with van der Waals surface area (Å²) >= 11 is 0. The molecule has 5 nitrogen and oxygen atoms in total. The first-order valence-corrected chi connectivity index (χ1v) is 5.95. The second kappa shape index (κ2) is 5.12. The van der Waals surface area contributed by atoms with Crippen LogP contribution >= 0.6 is 0 Å². The molecule has 2 unspecified atom stereocenters. The zero-order valence-electron chi connectivity index (χ0n) is 9.47. The van der Waals surface area contributed by atoms with Crippen LogP contribution in [0.2, 0.25) is 0 Å². The van der Waals surface area contributed by atoms with Crippen LogP contribution in [0.5, 0.6) is 0 Å². The van der Waals surface area contributed by atoms with Gasteiger partial charge in [0.2, 0.25) is 5.91 Å². The molecular weight excluding hydrogens is 208 g/mol. The summed E-state index contributed by atoms with van der Waals surface area (Å²) in [5.41, 5.74) is 5.83. The molecule has 5 heteroatoms. The van der Waals surface area contributed by atoms with Gasteiger partial charge in [0.25, 0.3) is 0 Å². The molecular formula is C11H20N2O3. The van der Waals surface area contributed by atoms with Crippen molar-refractivity contribution in [1.82, 2.24) is 4.90 Å². The molecule has 0 radical (unpaired) electrons. The van der Waals surface area contributed by atoms with Gasteiger partial charge in [-0.05, 0) is 18.8 Å². The molecule has 0 aromatic carbocycles. The van der Waals surface area contributed by atoms with Crippen molar-refractivity contribution >= 4 is 5.91 Å². The third-order valence-corrected chi connectivity index (χ3v) is 3.63. The molecule has 3 N–H and O–H groups in total. The van der Waals surface area contributed by atoms with Crippen LogP contribution in [-0.4, -0.2) is 54.9 Å². The van der Waals surface area contributed by atoms with Crippen LogP contribution in [0.3, 0.4) is 0 Å². The molecule has 0 bridgehead atoms. The first-order chi connectivity index (χ1) is 7.72. The van der Waals surface area contributed by atoms with E-state index in [1.807, 2.05) is 4.90 Å². The molecule has 0 aromatic heterocycles. The standard InChI is InChI=1S/C11H20N2O3/c12-10-7-16-6-9(10)11(15)13-3-1-8(5-14)2-4-13/h8-10,14H,1-7,12H2. The molecule has 2 heterocycles. The van der Waals surface area contributed by atoms with Crippen molar-refractivity contribution in [1.29, 1.82) is 0 Å². The Bertz CT molecular complexity index is 252. The highest BCUT2D eigenvalue weighted by molar-refractivity contribution is 5.80. The summed E-state index contributed by atoms with van der Waals surface area (Å²) in [6.07, 6.45) is 1.79. The quantitative estimate of drug-likeness (QED) is 0.648. The lowest BCUT2D eigenvalue weighted by Gasteiger charge is -2.33. The van der Waals surface area contributed by atoms with E-state index in [9.17, 15) is 4.79 Å². The van der Waals surface area contributed by atoms with E-state index in [2.05, 4.69) is 0 Å². The fraction of sp³-hybridized carbons (Fsp3) is 0.909. The molecule has 1 amide bonds. The predicted octanol–water partition coefficient (Wildman–Crippen LogP) is -0.809. The van der Waals surface area contributed by atoms with Crippen LogP contribution in [0, 0.1) is 11.8 Å². The highest BCUT2D eigenvalue weighted by atomic mass is 16.5. The maximum atomic E-state index is 12.1. The second-order valence-electron chi connectivity index (χ2n) is 4.76. The lowest BCUT2D eigenvalue weighted by atomic mass is 9.95. The summed E-state index contributed by atoms with van der Waals surface area (Å²) < 4.78 is 5.21. The summed E-state index contributed by atoms with van der Waals surface area (Å²) in [7, 11) is 0. The second-order valence-corrected chi connectivity index (χ2v) is 4.76. The molecule has 2 rings (SSSR count). The molecule has 2 saturated heterocycles. The van der Waals surface area contributed by atoms with E-state index >= 15 is 0 Å². The number of piperidine rings is 1. The fourth-order valence-corrected chi connectivity index (χ4v) is 2.40. The maximum Gasteiger partial charge on any atom is 0.229 e. The Morgan fingerprint density at radius 3 is 2.56 bits per heavy atom. The zero-order chi connectivity index (χ0) is 11.5. The van der Waals surface area contributed by atoms with E-state index in [1.165, 1.54) is 0 Å². The van der Waals surface area contributed by atoms with Crippen LogP contribution in [0.15, 0.2) is 0 Å². The van der Waals surface area contributed by atoms with Crippen molar-refractivity contribution in [3.8, 4) is 0 Å². The molecule has 92 valence electrons. The zero-order valence-corrected chi connectivity index (χ0v) is 9.47. The molecule has 0 aromatic rings. The third-order valence-electron chi connectivity index (χ3n) is 3.63. The molecule has 2 aliphatic heterocycles. The van der Waals surface area contributed by atoms with Crippen LogP contribution in [-0.2, 0) is 9.53 Å². The van der Waals surface area contributed by atoms with Gasteiger partial charge in [-0.25, -0.2) is 0 Å². The lowest BCUT2D eigenvalue weighted by molar-refractivity contribution is -0.137. The topological polar surface area (TPSA) is 75.8 Å². The molecule has 0 spiro atoms. The average Bonchev–Trinajstić information content (AvgIpc) is 2.75. The van der Waals surface area contributed by atoms with E-state index in [-0.39, 0.29) is 24.5 Å². The van der Waals surface area contributed by atoms with Gasteiger partial charge in [0.15, 0.2) is 0 Å². The van der Waals surface area contributed by atoms with Crippen molar-refractivity contribution in [3.63, 3.8) is 0 Å². The fourth-order valence-electron chi connectivity index (χ4n) is 2.40. The van der Waals surface area contributed by atoms with E-state index in [1.54, 1.807) is 0 Å². The number of nitrogens with two attached hydrogens (primary N) is 1. The highest BCUT2D eigenvalue weighted by Crippen LogP contribution is 2.21. The summed E-state index contributed by atoms with van der Waals surface area (Å²) in [6, 6.07) is -0.150. The Morgan fingerprint density at radius 1 is 1.38 bits per heavy atom. The largest absolute Gasteiger partial charge is 0.396 e. The summed E-state index contributed by atoms with van der Waals surface area (Å²) in [5, 5.41) is 9.03. The lowest BCUT2D eigenvalue weighted by Crippen LogP contribution is -2.47. The van der Waals surface area contributed by atoms with E-state index in [0.29, 0.717) is 19.1 Å². The van der Waals surface area contributed by atoms with Crippen LogP contribution in [0.1, 0.15) is 12.8 Å². The van der Waals surface area contributed by atoms with Gasteiger partial charge in [0.05, 0.1) is 19.1 Å². The van der Waals surface area contributed by atoms with Crippen molar-refractivity contribution in [2.24, 2.45) is 17.6 Å². The van der Waals surface area contributed by atoms with Crippen molar-refractivity contribution in [2.45, 2.75) is 18.9 Å². The third kappa shape index (κ3) is 2.36. The van der Waals surface area contributed by atoms with Crippen molar-refractivity contribution < 1.29 is 14.6 Å². The van der Waals surface area contributed by atoms with Gasteiger partial charge in [0, 0.05) is 25.7 Å². The number of carbonyl (C=O) groups is 1. The van der Waals surface area contributed by atoms with Crippen LogP contribution in [0.4, 0.5) is 0 Å². The molecule has 16 heavy (non-hydrogen) atoms. The Balaban J connectivity index is 1.86. The minimum absolute atomic E-state index is 0.126. The van der Waals surface area contributed by atoms with Gasteiger partial charge in [-0.3, -0.25) is 4.79 Å². The summed E-state index contributed by atoms with van der Waals surface area (Å²) in [6.45, 7) is 2.66. The van der Waals surface area contributed by atoms with Crippen molar-refractivity contribution in [3.05, 3.63) is 0 Å². The van der Waals surface area contributed by atoms with E-state index in [4.69, 9.17) is 15.6 Å². The molecule has 2 aliphatic rings. The SMILES string of the molecule is NC1COCC1C(=O)N1CCC(CO)CC1. The van der Waals surface area contributed by atoms with Gasteiger partial charge in [-0.15, -0.1) is 0 Å². The molecule has 0 saturated carbocycles. The summed E-state index contributed by atoms with van der Waals surface area (Å²) in [5.74, 6) is 0.324. The van der Waals surface area contributed by atoms with Gasteiger partial charge in [-0.1, -0.05) is 0 Å². The molecule has 2 atom stereocenters. The number of amides is 1. The highest BCUT2D eigenvalue weighted by Gasteiger charge is 2.35. The Kier molecular flexibility index (Phi) is 3.78. The Labute approximate surface area is 95.5 Å². The number of rotatable bonds is 2. The van der Waals surface area contributed by atoms with Gasteiger partial charge < -0.3 is 20.5 Å². The number of hydrogen-bond acceptors (Lipinski definition) is 4. The Hall–Kier alpha value is -0.650. The van der Waals surface area contributed by atoms with E-state index < -0.39 is 0 Å². The molecule has 0 aliphatic carbocycles. The van der Waals surface area contributed by atoms with E-state index in [0.717, 1.165) is 25.9 Å². The number of hydrogen-bond donors (Lipinski definition) is 2. The maximum absolute atomic E-state index is 12.1. The number of ether oxygens (including phenoxy) is 1. The van der Waals surface area contributed by atoms with Crippen molar-refractivity contribution in [2.75, 3.05) is 32.9 Å². The Morgan fingerprint density at radius 2 is 2.06 bits per heavy atom. The van der Waals surface area contributed by atoms with Gasteiger partial charge >= 0.3 is 0 Å². The predicted molar refractivity (Wildman–Crippen MR) is 58.7 cm³/mol. The summed E-state index contributed by atoms with van der Waals surface area (Å²) in [4.78, 5) is 14.0. The number of carbonyl (C=O) groups excluding carboxylic acids is 1. The van der Waals surface area contributed by atoms with Gasteiger partial charge in [-0.2, -0.15) is 0 Å². The number of aliphatic hydroxyl groups excluding tert-OH is 1. The monoisotopic (exact) mass is 228 g/mol. The minimum atomic E-state index is -0.161. The van der Waals surface area contributed by atoms with Gasteiger partial charge in [0.1, 0.15) is 0 Å². The first-order valence-electron chi connectivity index (χ1n) is 5.95. The molecule has 2 fully saturated rings. The van der Waals surface area contributed by atoms with Crippen LogP contribution < -0.4 is 5.73 Å². The number of aliphatic hydroxyl groups is 1. The minimum Gasteiger partial charge on any atom is -0.396 e.